The molecule has 0 heterocycles. The van der Waals surface area contributed by atoms with Crippen LogP contribution >= 0.6 is 0 Å². The minimum atomic E-state index is -3.41. The largest absolute Gasteiger partial charge is 0.508 e. The number of hydrogen-bond donors (Lipinski definition) is 2. The van der Waals surface area contributed by atoms with Gasteiger partial charge in [0.25, 0.3) is 10.2 Å². The number of nitrogens with one attached hydrogen (secondary N) is 1. The summed E-state index contributed by atoms with van der Waals surface area (Å²) in [7, 11) is -3.41. The van der Waals surface area contributed by atoms with Crippen LogP contribution < -0.4 is 4.72 Å². The Morgan fingerprint density at radius 2 is 1.71 bits per heavy atom. The molecule has 1 rings (SSSR count). The van der Waals surface area contributed by atoms with Gasteiger partial charge < -0.3 is 5.11 Å². The number of benzene rings is 1. The van der Waals surface area contributed by atoms with Gasteiger partial charge in [0.2, 0.25) is 0 Å². The van der Waals surface area contributed by atoms with Gasteiger partial charge >= 0.3 is 0 Å². The number of rotatable bonds is 6. The van der Waals surface area contributed by atoms with E-state index >= 15 is 0 Å². The third-order valence-electron chi connectivity index (χ3n) is 2.44. The van der Waals surface area contributed by atoms with Crippen LogP contribution in [0.4, 0.5) is 0 Å². The molecule has 0 radical (unpaired) electrons. The van der Waals surface area contributed by atoms with Gasteiger partial charge in [0.1, 0.15) is 5.75 Å². The first-order valence-electron chi connectivity index (χ1n) is 5.52. The Labute approximate surface area is 102 Å². The molecule has 2 N–H and O–H groups in total. The van der Waals surface area contributed by atoms with E-state index in [1.807, 2.05) is 0 Å². The molecule has 1 aromatic rings. The second kappa shape index (κ2) is 6.00. The Balaban J connectivity index is 2.64. The van der Waals surface area contributed by atoms with Gasteiger partial charge in [-0.2, -0.15) is 17.4 Å². The molecule has 17 heavy (non-hydrogen) atoms. The molecule has 0 bridgehead atoms. The highest BCUT2D eigenvalue weighted by molar-refractivity contribution is 7.87. The molecule has 0 amide bonds. The van der Waals surface area contributed by atoms with E-state index in [1.165, 1.54) is 16.4 Å². The molecule has 0 atom stereocenters. The number of aromatic hydroxyl groups is 1. The molecule has 0 spiro atoms. The van der Waals surface area contributed by atoms with Gasteiger partial charge in [-0.15, -0.1) is 0 Å². The van der Waals surface area contributed by atoms with Crippen molar-refractivity contribution in [1.29, 1.82) is 0 Å². The average Bonchev–Trinajstić information content (AvgIpc) is 2.29. The zero-order valence-corrected chi connectivity index (χ0v) is 10.9. The maximum atomic E-state index is 11.8. The summed E-state index contributed by atoms with van der Waals surface area (Å²) in [5.41, 5.74) is 0.804. The van der Waals surface area contributed by atoms with Gasteiger partial charge in [0, 0.05) is 19.6 Å². The van der Waals surface area contributed by atoms with Gasteiger partial charge in [0.05, 0.1) is 0 Å². The molecular weight excluding hydrogens is 240 g/mol. The third kappa shape index (κ3) is 3.99. The second-order valence-electron chi connectivity index (χ2n) is 3.58. The zero-order chi connectivity index (χ0) is 12.9. The molecule has 96 valence electrons. The maximum absolute atomic E-state index is 11.8. The van der Waals surface area contributed by atoms with Crippen LogP contribution in [0, 0.1) is 0 Å². The molecule has 5 nitrogen and oxygen atoms in total. The highest BCUT2D eigenvalue weighted by Crippen LogP contribution is 2.09. The number of phenols is 1. The number of nitrogens with zero attached hydrogens (tertiary/aromatic N) is 1. The molecule has 0 aliphatic heterocycles. The summed E-state index contributed by atoms with van der Waals surface area (Å²) in [6, 6.07) is 6.42. The quantitative estimate of drug-likeness (QED) is 0.802. The lowest BCUT2D eigenvalue weighted by molar-refractivity contribution is 0.434. The molecule has 6 heteroatoms. The lowest BCUT2D eigenvalue weighted by Crippen LogP contribution is -2.40. The van der Waals surface area contributed by atoms with Gasteiger partial charge in [-0.3, -0.25) is 0 Å². The van der Waals surface area contributed by atoms with Crippen LogP contribution in [0.3, 0.4) is 0 Å². The SMILES string of the molecule is CCN(CC)S(=O)(=O)NCc1ccc(O)cc1. The molecule has 0 aliphatic rings. The van der Waals surface area contributed by atoms with Crippen molar-refractivity contribution < 1.29 is 13.5 Å². The van der Waals surface area contributed by atoms with Crippen LogP contribution in [-0.2, 0) is 16.8 Å². The summed E-state index contributed by atoms with van der Waals surface area (Å²) in [6.45, 7) is 4.70. The number of phenolic OH excluding ortho intramolecular Hbond substituents is 1. The Kier molecular flexibility index (Phi) is 4.92. The third-order valence-corrected chi connectivity index (χ3v) is 4.15. The monoisotopic (exact) mass is 258 g/mol. The average molecular weight is 258 g/mol. The van der Waals surface area contributed by atoms with Crippen molar-refractivity contribution in [3.63, 3.8) is 0 Å². The summed E-state index contributed by atoms with van der Waals surface area (Å²) in [6.07, 6.45) is 0. The molecule has 1 aromatic carbocycles. The summed E-state index contributed by atoms with van der Waals surface area (Å²) < 4.78 is 27.5. The van der Waals surface area contributed by atoms with Crippen molar-refractivity contribution in [3.8, 4) is 5.75 Å². The van der Waals surface area contributed by atoms with Crippen molar-refractivity contribution in [2.24, 2.45) is 0 Å². The predicted octanol–water partition coefficient (Wildman–Crippen LogP) is 1.07. The van der Waals surface area contributed by atoms with Crippen LogP contribution in [0.15, 0.2) is 24.3 Å². The van der Waals surface area contributed by atoms with Crippen LogP contribution in [-0.4, -0.2) is 30.9 Å². The van der Waals surface area contributed by atoms with Crippen molar-refractivity contribution in [2.45, 2.75) is 20.4 Å². The summed E-state index contributed by atoms with van der Waals surface area (Å²) in [5, 5.41) is 9.10. The Bertz CT molecular complexity index is 438. The van der Waals surface area contributed by atoms with Crippen molar-refractivity contribution in [2.75, 3.05) is 13.1 Å². The van der Waals surface area contributed by atoms with E-state index in [2.05, 4.69) is 4.72 Å². The first-order valence-corrected chi connectivity index (χ1v) is 6.96. The highest BCUT2D eigenvalue weighted by atomic mass is 32.2. The fourth-order valence-electron chi connectivity index (χ4n) is 1.44. The van der Waals surface area contributed by atoms with E-state index in [9.17, 15) is 8.42 Å². The van der Waals surface area contributed by atoms with E-state index in [4.69, 9.17) is 5.11 Å². The molecule has 0 unspecified atom stereocenters. The minimum absolute atomic E-state index is 0.167. The first-order chi connectivity index (χ1) is 7.99. The van der Waals surface area contributed by atoms with Gasteiger partial charge in [-0.1, -0.05) is 26.0 Å². The van der Waals surface area contributed by atoms with Crippen LogP contribution in [0.1, 0.15) is 19.4 Å². The molecule has 0 aliphatic carbocycles. The van der Waals surface area contributed by atoms with Crippen LogP contribution in [0.2, 0.25) is 0 Å². The maximum Gasteiger partial charge on any atom is 0.279 e. The summed E-state index contributed by atoms with van der Waals surface area (Å²) in [5.74, 6) is 0.167. The molecule has 0 saturated carbocycles. The van der Waals surface area contributed by atoms with Crippen molar-refractivity contribution in [3.05, 3.63) is 29.8 Å². The predicted molar refractivity (Wildman–Crippen MR) is 66.8 cm³/mol. The van der Waals surface area contributed by atoms with E-state index in [0.29, 0.717) is 13.1 Å². The fraction of sp³-hybridized carbons (Fsp3) is 0.455. The number of hydrogen-bond acceptors (Lipinski definition) is 3. The Hall–Kier alpha value is -1.11. The highest BCUT2D eigenvalue weighted by Gasteiger charge is 2.17. The lowest BCUT2D eigenvalue weighted by Gasteiger charge is -2.18. The smallest absolute Gasteiger partial charge is 0.279 e. The second-order valence-corrected chi connectivity index (χ2v) is 5.33. The van der Waals surface area contributed by atoms with Crippen molar-refractivity contribution in [1.82, 2.24) is 9.03 Å². The van der Waals surface area contributed by atoms with E-state index < -0.39 is 10.2 Å². The topological polar surface area (TPSA) is 69.6 Å². The van der Waals surface area contributed by atoms with Crippen molar-refractivity contribution >= 4 is 10.2 Å². The fourth-order valence-corrected chi connectivity index (χ4v) is 2.65. The van der Waals surface area contributed by atoms with Crippen LogP contribution in [0.5, 0.6) is 5.75 Å². The van der Waals surface area contributed by atoms with Gasteiger partial charge in [0.15, 0.2) is 0 Å². The lowest BCUT2D eigenvalue weighted by atomic mass is 10.2. The van der Waals surface area contributed by atoms with E-state index in [-0.39, 0.29) is 12.3 Å². The Morgan fingerprint density at radius 1 is 1.18 bits per heavy atom. The zero-order valence-electron chi connectivity index (χ0n) is 10.0. The Morgan fingerprint density at radius 3 is 2.18 bits per heavy atom. The van der Waals surface area contributed by atoms with Crippen LogP contribution in [0.25, 0.3) is 0 Å². The van der Waals surface area contributed by atoms with E-state index in [0.717, 1.165) is 5.56 Å². The van der Waals surface area contributed by atoms with Gasteiger partial charge in [-0.25, -0.2) is 0 Å². The molecule has 0 aromatic heterocycles. The minimum Gasteiger partial charge on any atom is -0.508 e. The standard InChI is InChI=1S/C11H18N2O3S/c1-3-13(4-2)17(15,16)12-9-10-5-7-11(14)8-6-10/h5-8,12,14H,3-4,9H2,1-2H3. The molecule has 0 fully saturated rings. The summed E-state index contributed by atoms with van der Waals surface area (Å²) in [4.78, 5) is 0. The summed E-state index contributed by atoms with van der Waals surface area (Å²) >= 11 is 0. The molecule has 0 saturated heterocycles. The van der Waals surface area contributed by atoms with E-state index in [1.54, 1.807) is 26.0 Å². The first kappa shape index (κ1) is 14.0. The normalized spacial score (nSPS) is 11.9. The van der Waals surface area contributed by atoms with Gasteiger partial charge in [-0.05, 0) is 17.7 Å². The molecular formula is C11H18N2O3S.